The summed E-state index contributed by atoms with van der Waals surface area (Å²) >= 11 is 0. The first-order valence-electron chi connectivity index (χ1n) is 6.17. The molecule has 0 spiro atoms. The van der Waals surface area contributed by atoms with Gasteiger partial charge in [-0.3, -0.25) is 4.79 Å². The average molecular weight is 226 g/mol. The highest BCUT2D eigenvalue weighted by Crippen LogP contribution is 2.47. The zero-order chi connectivity index (χ0) is 12.1. The molecule has 0 aromatic rings. The van der Waals surface area contributed by atoms with Crippen molar-refractivity contribution >= 4 is 5.97 Å². The van der Waals surface area contributed by atoms with E-state index < -0.39 is 5.60 Å². The predicted octanol–water partition coefficient (Wildman–Crippen LogP) is 2.53. The van der Waals surface area contributed by atoms with E-state index in [1.165, 1.54) is 0 Å². The van der Waals surface area contributed by atoms with E-state index in [4.69, 9.17) is 9.47 Å². The number of hydrogen-bond acceptors (Lipinski definition) is 3. The van der Waals surface area contributed by atoms with Crippen LogP contribution in [0.1, 0.15) is 47.5 Å². The standard InChI is InChI=1S/C13H22O3/c1-8(2)10-13(5)7-6-9(11(14)15-10)12(3,4)16-13/h8-10H,6-7H2,1-5H3/t9-,10-,13-/m1/s1. The first-order chi connectivity index (χ1) is 7.26. The van der Waals surface area contributed by atoms with Gasteiger partial charge in [-0.25, -0.2) is 0 Å². The molecule has 0 aliphatic carbocycles. The molecule has 3 rings (SSSR count). The molecule has 3 heteroatoms. The summed E-state index contributed by atoms with van der Waals surface area (Å²) < 4.78 is 11.8. The molecule has 92 valence electrons. The SMILES string of the molecule is CC(C)[C@H]1OC(=O)[C@H]2CC[C@@]1(C)OC2(C)C. The molecule has 2 bridgehead atoms. The predicted molar refractivity (Wildman–Crippen MR) is 61.0 cm³/mol. The Labute approximate surface area is 97.5 Å². The van der Waals surface area contributed by atoms with Gasteiger partial charge in [-0.1, -0.05) is 13.8 Å². The summed E-state index contributed by atoms with van der Waals surface area (Å²) in [6.45, 7) is 10.2. The van der Waals surface area contributed by atoms with E-state index in [1.807, 2.05) is 13.8 Å². The van der Waals surface area contributed by atoms with Crippen molar-refractivity contribution in [2.45, 2.75) is 64.8 Å². The zero-order valence-corrected chi connectivity index (χ0v) is 10.9. The summed E-state index contributed by atoms with van der Waals surface area (Å²) in [7, 11) is 0. The van der Waals surface area contributed by atoms with Crippen molar-refractivity contribution in [3.63, 3.8) is 0 Å². The molecule has 0 aromatic carbocycles. The van der Waals surface area contributed by atoms with Crippen molar-refractivity contribution in [2.24, 2.45) is 11.8 Å². The van der Waals surface area contributed by atoms with Crippen molar-refractivity contribution in [2.75, 3.05) is 0 Å². The van der Waals surface area contributed by atoms with Gasteiger partial charge in [-0.2, -0.15) is 0 Å². The summed E-state index contributed by atoms with van der Waals surface area (Å²) in [5, 5.41) is 0. The molecule has 3 atom stereocenters. The van der Waals surface area contributed by atoms with Crippen LogP contribution in [0.3, 0.4) is 0 Å². The lowest BCUT2D eigenvalue weighted by Crippen LogP contribution is -2.53. The second-order valence-electron chi connectivity index (χ2n) is 6.21. The van der Waals surface area contributed by atoms with Crippen LogP contribution in [0.25, 0.3) is 0 Å². The Balaban J connectivity index is 2.40. The number of fused-ring (bicyclic) bond motifs is 4. The minimum absolute atomic E-state index is 0.0788. The smallest absolute Gasteiger partial charge is 0.312 e. The van der Waals surface area contributed by atoms with Gasteiger partial charge in [0.1, 0.15) is 11.7 Å². The maximum absolute atomic E-state index is 12.0. The number of carbonyl (C=O) groups is 1. The van der Waals surface area contributed by atoms with Gasteiger partial charge in [0.25, 0.3) is 0 Å². The van der Waals surface area contributed by atoms with Gasteiger partial charge in [0.15, 0.2) is 0 Å². The van der Waals surface area contributed by atoms with E-state index in [2.05, 4.69) is 20.8 Å². The second-order valence-corrected chi connectivity index (χ2v) is 6.21. The van der Waals surface area contributed by atoms with E-state index in [0.717, 1.165) is 12.8 Å². The fourth-order valence-corrected chi connectivity index (χ4v) is 3.28. The van der Waals surface area contributed by atoms with Crippen molar-refractivity contribution in [1.29, 1.82) is 0 Å². The van der Waals surface area contributed by atoms with Crippen LogP contribution in [0, 0.1) is 11.8 Å². The Morgan fingerprint density at radius 3 is 2.44 bits per heavy atom. The molecule has 3 aliphatic rings. The first-order valence-corrected chi connectivity index (χ1v) is 6.17. The lowest BCUT2D eigenvalue weighted by molar-refractivity contribution is -0.203. The van der Waals surface area contributed by atoms with Gasteiger partial charge in [-0.05, 0) is 39.5 Å². The van der Waals surface area contributed by atoms with Gasteiger partial charge < -0.3 is 9.47 Å². The molecule has 0 unspecified atom stereocenters. The molecule has 0 saturated carbocycles. The van der Waals surface area contributed by atoms with Crippen molar-refractivity contribution in [3.8, 4) is 0 Å². The van der Waals surface area contributed by atoms with E-state index >= 15 is 0 Å². The van der Waals surface area contributed by atoms with Crippen LogP contribution >= 0.6 is 0 Å². The van der Waals surface area contributed by atoms with Gasteiger partial charge in [-0.15, -0.1) is 0 Å². The van der Waals surface area contributed by atoms with Crippen LogP contribution in [0.4, 0.5) is 0 Å². The maximum atomic E-state index is 12.0. The van der Waals surface area contributed by atoms with Crippen LogP contribution in [0.5, 0.6) is 0 Å². The van der Waals surface area contributed by atoms with Crippen molar-refractivity contribution < 1.29 is 14.3 Å². The second kappa shape index (κ2) is 3.46. The normalized spacial score (nSPS) is 42.0. The van der Waals surface area contributed by atoms with E-state index in [1.54, 1.807) is 0 Å². The fraction of sp³-hybridized carbons (Fsp3) is 0.923. The van der Waals surface area contributed by atoms with Crippen LogP contribution in [0.15, 0.2) is 0 Å². The van der Waals surface area contributed by atoms with Gasteiger partial charge in [0.2, 0.25) is 0 Å². The number of hydrogen-bond donors (Lipinski definition) is 0. The summed E-state index contributed by atoms with van der Waals surface area (Å²) in [6.07, 6.45) is 1.67. The lowest BCUT2D eigenvalue weighted by atomic mass is 9.77. The Morgan fingerprint density at radius 2 is 1.94 bits per heavy atom. The minimum atomic E-state index is -0.395. The maximum Gasteiger partial charge on any atom is 0.312 e. The molecule has 3 saturated heterocycles. The molecule has 16 heavy (non-hydrogen) atoms. The molecule has 0 aromatic heterocycles. The number of carbonyl (C=O) groups excluding carboxylic acids is 1. The van der Waals surface area contributed by atoms with Crippen molar-refractivity contribution in [3.05, 3.63) is 0 Å². The van der Waals surface area contributed by atoms with E-state index in [9.17, 15) is 4.79 Å². The molecule has 0 radical (unpaired) electrons. The third-order valence-electron chi connectivity index (χ3n) is 4.00. The average Bonchev–Trinajstić information content (AvgIpc) is 2.26. The summed E-state index contributed by atoms with van der Waals surface area (Å²) in [5.74, 6) is 0.107. The first kappa shape index (κ1) is 11.9. The molecule has 3 aliphatic heterocycles. The minimum Gasteiger partial charge on any atom is -0.459 e. The quantitative estimate of drug-likeness (QED) is 0.644. The summed E-state index contributed by atoms with van der Waals surface area (Å²) in [5.41, 5.74) is -0.714. The number of esters is 1. The highest BCUT2D eigenvalue weighted by molar-refractivity contribution is 5.75. The number of ether oxygens (including phenoxy) is 2. The largest absolute Gasteiger partial charge is 0.459 e. The Hall–Kier alpha value is -0.570. The van der Waals surface area contributed by atoms with Crippen LogP contribution in [0.2, 0.25) is 0 Å². The van der Waals surface area contributed by atoms with Gasteiger partial charge in [0, 0.05) is 0 Å². The Morgan fingerprint density at radius 1 is 1.31 bits per heavy atom. The Kier molecular flexibility index (Phi) is 2.57. The Bertz CT molecular complexity index is 308. The van der Waals surface area contributed by atoms with E-state index in [0.29, 0.717) is 5.92 Å². The topological polar surface area (TPSA) is 35.5 Å². The van der Waals surface area contributed by atoms with Crippen LogP contribution in [-0.4, -0.2) is 23.3 Å². The molecule has 3 fully saturated rings. The molecule has 3 heterocycles. The summed E-state index contributed by atoms with van der Waals surface area (Å²) in [4.78, 5) is 12.0. The molecule has 0 N–H and O–H groups in total. The van der Waals surface area contributed by atoms with Gasteiger partial charge >= 0.3 is 5.97 Å². The molecule has 0 amide bonds. The zero-order valence-electron chi connectivity index (χ0n) is 10.9. The lowest BCUT2D eigenvalue weighted by Gasteiger charge is -2.45. The van der Waals surface area contributed by atoms with Crippen LogP contribution < -0.4 is 0 Å². The third kappa shape index (κ3) is 1.65. The highest BCUT2D eigenvalue weighted by atomic mass is 16.6. The molecule has 3 nitrogen and oxygen atoms in total. The highest BCUT2D eigenvalue weighted by Gasteiger charge is 2.56. The molecular weight excluding hydrogens is 204 g/mol. The summed E-state index contributed by atoms with van der Waals surface area (Å²) in [6, 6.07) is 0. The van der Waals surface area contributed by atoms with Crippen LogP contribution in [-0.2, 0) is 14.3 Å². The molecular formula is C13H22O3. The van der Waals surface area contributed by atoms with E-state index in [-0.39, 0.29) is 23.6 Å². The monoisotopic (exact) mass is 226 g/mol. The van der Waals surface area contributed by atoms with Gasteiger partial charge in [0.05, 0.1) is 11.5 Å². The van der Waals surface area contributed by atoms with Crippen molar-refractivity contribution in [1.82, 2.24) is 0 Å². The number of rotatable bonds is 1. The fourth-order valence-electron chi connectivity index (χ4n) is 3.28. The third-order valence-corrected chi connectivity index (χ3v) is 4.00.